The average molecular weight is 633 g/mol. The normalized spacial score (nSPS) is 26.7. The highest BCUT2D eigenvalue weighted by atomic mass is 19.4. The van der Waals surface area contributed by atoms with Crippen LogP contribution in [0.1, 0.15) is 80.8 Å². The Morgan fingerprint density at radius 2 is 1.82 bits per heavy atom. The second kappa shape index (κ2) is 12.0. The Morgan fingerprint density at radius 3 is 2.44 bits per heavy atom. The number of alkyl halides is 3. The minimum Gasteiger partial charge on any atom is -0.507 e. The van der Waals surface area contributed by atoms with E-state index in [0.717, 1.165) is 12.1 Å². The van der Waals surface area contributed by atoms with Crippen LogP contribution < -0.4 is 16.6 Å². The molecule has 5 unspecified atom stereocenters. The third kappa shape index (κ3) is 5.64. The number of nitrogens with two attached hydrogens (primary N) is 1. The molecule has 0 aliphatic heterocycles. The lowest BCUT2D eigenvalue weighted by atomic mass is 9.72. The lowest BCUT2D eigenvalue weighted by Gasteiger charge is -2.41. The lowest BCUT2D eigenvalue weighted by molar-refractivity contribution is -0.138. The van der Waals surface area contributed by atoms with Crippen LogP contribution in [0.25, 0.3) is 0 Å². The third-order valence-corrected chi connectivity index (χ3v) is 8.82. The average Bonchev–Trinajstić information content (AvgIpc) is 2.98. The summed E-state index contributed by atoms with van der Waals surface area (Å²) in [5.41, 5.74) is 6.57. The first-order valence-electron chi connectivity index (χ1n) is 14.2. The number of carbonyl (C=O) groups excluding carboxylic acids is 3. The monoisotopic (exact) mass is 632 g/mol. The molecule has 0 spiro atoms. The molecule has 1 amide bonds. The van der Waals surface area contributed by atoms with Crippen molar-refractivity contribution in [3.8, 4) is 17.6 Å². The summed E-state index contributed by atoms with van der Waals surface area (Å²) in [4.78, 5) is 38.8. The molecule has 240 valence electrons. The molecule has 2 aromatic rings. The van der Waals surface area contributed by atoms with E-state index in [2.05, 4.69) is 10.9 Å². The maximum atomic E-state index is 13.9. The Labute approximate surface area is 254 Å². The number of aromatic hydroxyl groups is 2. The molecule has 3 aliphatic carbocycles. The van der Waals surface area contributed by atoms with Gasteiger partial charge in [0.05, 0.1) is 59.6 Å². The summed E-state index contributed by atoms with van der Waals surface area (Å²) < 4.78 is 48.1. The number of fused-ring (bicyclic) bond motifs is 3. The fourth-order valence-corrected chi connectivity index (χ4v) is 6.68. The van der Waals surface area contributed by atoms with Crippen molar-refractivity contribution >= 4 is 17.5 Å². The van der Waals surface area contributed by atoms with E-state index in [0.29, 0.717) is 6.07 Å². The number of aliphatic hydroxyl groups is 2. The number of hydrogen-bond donors (Lipinski definition) is 7. The molecule has 8 N–H and O–H groups in total. The number of carbonyl (C=O) groups is 3. The highest BCUT2D eigenvalue weighted by molar-refractivity contribution is 6.31. The smallest absolute Gasteiger partial charge is 0.417 e. The SMILES string of the molecule is CC(=O)NNC(CO)[C@@H]1Cc2c(O)c3c(c(O)c2[C@@H](OC2CC(N)C(O)C(C#N)C2)C1)C(=O)c1c(cccc1C(F)(F)F)C3=O. The summed E-state index contributed by atoms with van der Waals surface area (Å²) in [6, 6.07) is 2.94. The minimum absolute atomic E-state index is 0.00532. The molecule has 0 bridgehead atoms. The van der Waals surface area contributed by atoms with E-state index in [1.807, 2.05) is 6.07 Å². The van der Waals surface area contributed by atoms with Crippen LogP contribution in [-0.2, 0) is 22.1 Å². The molecule has 7 atom stereocenters. The molecule has 1 fully saturated rings. The molecule has 5 rings (SSSR count). The summed E-state index contributed by atoms with van der Waals surface area (Å²) >= 11 is 0. The Kier molecular flexibility index (Phi) is 8.64. The number of phenolic OH excluding ortho intramolecular Hbond substituents is 2. The topological polar surface area (TPSA) is 215 Å². The Morgan fingerprint density at radius 1 is 1.13 bits per heavy atom. The van der Waals surface area contributed by atoms with Crippen molar-refractivity contribution in [2.24, 2.45) is 17.6 Å². The molecular formula is C30H31F3N4O8. The van der Waals surface area contributed by atoms with Crippen molar-refractivity contribution in [2.75, 3.05) is 6.61 Å². The van der Waals surface area contributed by atoms with Gasteiger partial charge < -0.3 is 30.9 Å². The van der Waals surface area contributed by atoms with Gasteiger partial charge >= 0.3 is 6.18 Å². The summed E-state index contributed by atoms with van der Waals surface area (Å²) in [6.45, 7) is 0.726. The molecule has 45 heavy (non-hydrogen) atoms. The molecule has 0 saturated heterocycles. The van der Waals surface area contributed by atoms with E-state index in [4.69, 9.17) is 10.5 Å². The largest absolute Gasteiger partial charge is 0.507 e. The number of nitrogens with one attached hydrogen (secondary N) is 2. The van der Waals surface area contributed by atoms with E-state index in [9.17, 15) is 53.2 Å². The zero-order valence-electron chi connectivity index (χ0n) is 23.9. The van der Waals surface area contributed by atoms with Crippen LogP contribution in [-0.4, -0.2) is 68.8 Å². The predicted molar refractivity (Wildman–Crippen MR) is 148 cm³/mol. The standard InChI is InChI=1S/C30H31F3N4O8/c1-11(39)36-37-19(10-38)12-6-16-22(20(7-12)45-14-5-13(9-34)25(40)18(35)8-14)29(44)24-23(27(16)42)26(41)15-3-2-4-17(30(31,32)33)21(15)28(24)43/h2-4,12-14,18-20,25,37-38,40,42,44H,5-8,10,35H2,1H3,(H,36,39)/t12-,13?,14?,18?,19?,20+,25?/m1/s1. The Balaban J connectivity index is 1.66. The number of amides is 1. The van der Waals surface area contributed by atoms with Crippen molar-refractivity contribution in [1.82, 2.24) is 10.9 Å². The van der Waals surface area contributed by atoms with Gasteiger partial charge in [0.2, 0.25) is 5.91 Å². The van der Waals surface area contributed by atoms with Crippen molar-refractivity contribution < 1.29 is 52.7 Å². The molecular weight excluding hydrogens is 601 g/mol. The molecule has 3 aliphatic rings. The van der Waals surface area contributed by atoms with Gasteiger partial charge in [0.15, 0.2) is 11.6 Å². The maximum Gasteiger partial charge on any atom is 0.417 e. The molecule has 12 nitrogen and oxygen atoms in total. The van der Waals surface area contributed by atoms with Crippen molar-refractivity contribution in [3.05, 3.63) is 57.1 Å². The Hall–Kier alpha value is -4.07. The van der Waals surface area contributed by atoms with Crippen LogP contribution >= 0.6 is 0 Å². The van der Waals surface area contributed by atoms with Gasteiger partial charge in [-0.1, -0.05) is 12.1 Å². The number of phenols is 2. The van der Waals surface area contributed by atoms with Crippen LogP contribution in [0.4, 0.5) is 13.2 Å². The molecule has 15 heteroatoms. The summed E-state index contributed by atoms with van der Waals surface area (Å²) in [6.07, 6.45) is -8.09. The van der Waals surface area contributed by atoms with E-state index in [1.165, 1.54) is 6.92 Å². The van der Waals surface area contributed by atoms with E-state index < -0.39 is 112 Å². The lowest BCUT2D eigenvalue weighted by Crippen LogP contribution is -2.51. The van der Waals surface area contributed by atoms with E-state index >= 15 is 0 Å². The number of rotatable bonds is 6. The van der Waals surface area contributed by atoms with Crippen LogP contribution in [0, 0.1) is 23.2 Å². The number of ether oxygens (including phenoxy) is 1. The molecule has 0 radical (unpaired) electrons. The number of aliphatic hydroxyl groups excluding tert-OH is 2. The van der Waals surface area contributed by atoms with Crippen molar-refractivity contribution in [1.29, 1.82) is 5.26 Å². The van der Waals surface area contributed by atoms with Crippen LogP contribution in [0.5, 0.6) is 11.5 Å². The first kappa shape index (κ1) is 32.3. The van der Waals surface area contributed by atoms with E-state index in [1.54, 1.807) is 0 Å². The van der Waals surface area contributed by atoms with Crippen LogP contribution in [0.3, 0.4) is 0 Å². The number of ketones is 2. The summed E-state index contributed by atoms with van der Waals surface area (Å²) in [5.74, 6) is -5.97. The number of halogens is 3. The first-order valence-corrected chi connectivity index (χ1v) is 14.2. The van der Waals surface area contributed by atoms with Crippen LogP contribution in [0.2, 0.25) is 0 Å². The zero-order chi connectivity index (χ0) is 33.0. The molecule has 1 saturated carbocycles. The second-order valence-corrected chi connectivity index (χ2v) is 11.6. The number of benzene rings is 2. The highest BCUT2D eigenvalue weighted by Gasteiger charge is 2.47. The quantitative estimate of drug-likeness (QED) is 0.153. The molecule has 2 aromatic carbocycles. The van der Waals surface area contributed by atoms with Crippen molar-refractivity contribution in [2.45, 2.75) is 69.2 Å². The van der Waals surface area contributed by atoms with Gasteiger partial charge in [0.25, 0.3) is 0 Å². The number of nitriles is 1. The fraction of sp³-hybridized carbons (Fsp3) is 0.467. The zero-order valence-corrected chi connectivity index (χ0v) is 23.9. The number of nitrogens with zero attached hydrogens (tertiary/aromatic N) is 1. The van der Waals surface area contributed by atoms with Gasteiger partial charge in [0, 0.05) is 35.2 Å². The first-order chi connectivity index (χ1) is 21.2. The van der Waals surface area contributed by atoms with Gasteiger partial charge in [-0.25, -0.2) is 5.43 Å². The van der Waals surface area contributed by atoms with Crippen molar-refractivity contribution in [3.63, 3.8) is 0 Å². The highest BCUT2D eigenvalue weighted by Crippen LogP contribution is 2.52. The summed E-state index contributed by atoms with van der Waals surface area (Å²) in [5, 5.41) is 53.0. The fourth-order valence-electron chi connectivity index (χ4n) is 6.68. The second-order valence-electron chi connectivity index (χ2n) is 11.6. The van der Waals surface area contributed by atoms with E-state index in [-0.39, 0.29) is 36.8 Å². The van der Waals surface area contributed by atoms with Gasteiger partial charge in [-0.2, -0.15) is 18.4 Å². The predicted octanol–water partition coefficient (Wildman–Crippen LogP) is 1.50. The maximum absolute atomic E-state index is 13.9. The summed E-state index contributed by atoms with van der Waals surface area (Å²) in [7, 11) is 0. The minimum atomic E-state index is -5.01. The molecule has 0 aromatic heterocycles. The van der Waals surface area contributed by atoms with Gasteiger partial charge in [-0.05, 0) is 37.7 Å². The molecule has 0 heterocycles. The van der Waals surface area contributed by atoms with Gasteiger partial charge in [0.1, 0.15) is 11.5 Å². The van der Waals surface area contributed by atoms with Gasteiger partial charge in [-0.3, -0.25) is 19.8 Å². The third-order valence-electron chi connectivity index (χ3n) is 8.82. The number of hydrogen-bond acceptors (Lipinski definition) is 11. The Bertz CT molecular complexity index is 1610. The number of hydrazine groups is 1. The van der Waals surface area contributed by atoms with Crippen LogP contribution in [0.15, 0.2) is 18.2 Å². The van der Waals surface area contributed by atoms with Gasteiger partial charge in [-0.15, -0.1) is 0 Å².